The zero-order valence-corrected chi connectivity index (χ0v) is 21.7. The van der Waals surface area contributed by atoms with E-state index >= 15 is 0 Å². The molecule has 0 atom stereocenters. The van der Waals surface area contributed by atoms with Gasteiger partial charge in [-0.1, -0.05) is 15.9 Å². The highest BCUT2D eigenvalue weighted by molar-refractivity contribution is 9.10. The molecule has 4 rings (SSSR count). The van der Waals surface area contributed by atoms with Crippen LogP contribution in [0.3, 0.4) is 0 Å². The van der Waals surface area contributed by atoms with Gasteiger partial charge in [0, 0.05) is 15.9 Å². The normalized spacial score (nSPS) is 20.9. The molecule has 10 N–H and O–H groups in total. The second kappa shape index (κ2) is 9.39. The van der Waals surface area contributed by atoms with Crippen molar-refractivity contribution < 1.29 is 59.8 Å². The number of methoxy groups -OCH3 is 1. The van der Waals surface area contributed by atoms with Crippen LogP contribution in [-0.2, 0) is 0 Å². The summed E-state index contributed by atoms with van der Waals surface area (Å²) in [6.07, 6.45) is 1.12. The van der Waals surface area contributed by atoms with E-state index in [0.29, 0.717) is 11.5 Å². The Kier molecular flexibility index (Phi) is 7.02. The molecule has 0 radical (unpaired) electrons. The van der Waals surface area contributed by atoms with Crippen molar-refractivity contribution in [2.24, 2.45) is 0 Å². The van der Waals surface area contributed by atoms with E-state index < -0.39 is 46.3 Å². The Morgan fingerprint density at radius 1 is 0.923 bits per heavy atom. The van der Waals surface area contributed by atoms with E-state index in [4.69, 9.17) is 9.47 Å². The van der Waals surface area contributed by atoms with E-state index in [0.717, 1.165) is 6.33 Å². The van der Waals surface area contributed by atoms with Crippen molar-refractivity contribution in [1.82, 2.24) is 14.9 Å². The maximum absolute atomic E-state index is 14.4. The number of aromatic nitrogens is 2. The van der Waals surface area contributed by atoms with Gasteiger partial charge in [-0.2, -0.15) is 4.90 Å². The molecule has 0 unspecified atom stereocenters. The van der Waals surface area contributed by atoms with Crippen molar-refractivity contribution in [2.45, 2.75) is 29.0 Å². The van der Waals surface area contributed by atoms with Crippen molar-refractivity contribution in [1.29, 1.82) is 0 Å². The van der Waals surface area contributed by atoms with Gasteiger partial charge in [0.15, 0.2) is 11.5 Å². The van der Waals surface area contributed by atoms with Crippen LogP contribution in [0, 0.1) is 5.82 Å². The Labute approximate surface area is 226 Å². The highest BCUT2D eigenvalue weighted by Crippen LogP contribution is 2.49. The standard InChI is InChI=1S/C22H24BrFN4O11/c1-28-21(34,35)19(30,31)18(29,20(32,33)22(28,36)37)8-39-16-7-14-11(6-15(16)38-2)17(26-9-25-14)27-13-4-3-10(23)5-12(13)24/h3-7,9,29-37H,8H2,1-2H3,(H,25,26,27). The first-order valence-electron chi connectivity index (χ1n) is 10.8. The average Bonchev–Trinajstić information content (AvgIpc) is 2.86. The number of nitrogens with zero attached hydrogens (tertiary/aromatic N) is 3. The lowest BCUT2D eigenvalue weighted by atomic mass is 9.75. The highest BCUT2D eigenvalue weighted by Gasteiger charge is 2.84. The number of fused-ring (bicyclic) bond motifs is 1. The van der Waals surface area contributed by atoms with Gasteiger partial charge in [0.2, 0.25) is 5.60 Å². The first kappa shape index (κ1) is 29.2. The summed E-state index contributed by atoms with van der Waals surface area (Å²) in [5, 5.41) is 96.2. The van der Waals surface area contributed by atoms with Crippen LogP contribution < -0.4 is 14.8 Å². The van der Waals surface area contributed by atoms with Gasteiger partial charge in [-0.25, -0.2) is 14.4 Å². The number of aliphatic hydroxyl groups is 9. The molecule has 2 heterocycles. The molecule has 1 aliphatic rings. The maximum atomic E-state index is 14.4. The molecule has 0 saturated carbocycles. The van der Waals surface area contributed by atoms with Crippen LogP contribution >= 0.6 is 15.9 Å². The predicted octanol–water partition coefficient (Wildman–Crippen LogP) is -2.02. The molecule has 2 aromatic carbocycles. The molecular weight excluding hydrogens is 595 g/mol. The molecule has 3 aromatic rings. The van der Waals surface area contributed by atoms with Crippen molar-refractivity contribution >= 4 is 38.3 Å². The third-order valence-corrected chi connectivity index (χ3v) is 7.06. The lowest BCUT2D eigenvalue weighted by Gasteiger charge is -2.61. The molecule has 39 heavy (non-hydrogen) atoms. The summed E-state index contributed by atoms with van der Waals surface area (Å²) >= 11 is 3.16. The fourth-order valence-electron chi connectivity index (χ4n) is 4.02. The summed E-state index contributed by atoms with van der Waals surface area (Å²) in [7, 11) is 1.69. The average molecular weight is 619 g/mol. The van der Waals surface area contributed by atoms with Crippen LogP contribution in [0.4, 0.5) is 15.9 Å². The third-order valence-electron chi connectivity index (χ3n) is 6.57. The van der Waals surface area contributed by atoms with Crippen LogP contribution in [0.5, 0.6) is 11.5 Å². The first-order chi connectivity index (χ1) is 17.9. The monoisotopic (exact) mass is 618 g/mol. The van der Waals surface area contributed by atoms with E-state index in [1.165, 1.54) is 31.4 Å². The number of hydrogen-bond acceptors (Lipinski definition) is 15. The summed E-state index contributed by atoms with van der Waals surface area (Å²) in [4.78, 5) is 7.75. The maximum Gasteiger partial charge on any atom is 0.289 e. The number of rotatable bonds is 6. The molecule has 17 heteroatoms. The minimum absolute atomic E-state index is 0.0828. The van der Waals surface area contributed by atoms with Crippen molar-refractivity contribution in [3.8, 4) is 11.5 Å². The zero-order valence-electron chi connectivity index (χ0n) is 20.1. The quantitative estimate of drug-likeness (QED) is 0.134. The summed E-state index contributed by atoms with van der Waals surface area (Å²) in [6.45, 7) is -1.59. The largest absolute Gasteiger partial charge is 0.493 e. The van der Waals surface area contributed by atoms with E-state index in [9.17, 15) is 50.3 Å². The topological polar surface area (TPSA) is 242 Å². The van der Waals surface area contributed by atoms with Gasteiger partial charge >= 0.3 is 0 Å². The fraction of sp³-hybridized carbons (Fsp3) is 0.364. The van der Waals surface area contributed by atoms with E-state index in [1.807, 2.05) is 0 Å². The molecule has 1 aliphatic heterocycles. The molecule has 0 bridgehead atoms. The molecule has 1 saturated heterocycles. The molecule has 1 fully saturated rings. The zero-order chi connectivity index (χ0) is 29.2. The van der Waals surface area contributed by atoms with Gasteiger partial charge in [-0.15, -0.1) is 0 Å². The molecule has 212 valence electrons. The van der Waals surface area contributed by atoms with Crippen LogP contribution in [0.2, 0.25) is 0 Å². The lowest BCUT2D eigenvalue weighted by Crippen LogP contribution is -2.93. The smallest absolute Gasteiger partial charge is 0.289 e. The number of anilines is 2. The van der Waals surface area contributed by atoms with Gasteiger partial charge in [-0.05, 0) is 31.3 Å². The lowest BCUT2D eigenvalue weighted by molar-refractivity contribution is -0.592. The number of likely N-dealkylation sites (N-methyl/N-ethyl adjacent to an activating group) is 1. The number of halogens is 2. The molecule has 0 spiro atoms. The first-order valence-corrected chi connectivity index (χ1v) is 11.6. The number of nitrogens with one attached hydrogen (secondary N) is 1. The number of likely N-dealkylation sites (tertiary alicyclic amines) is 1. The molecule has 0 amide bonds. The van der Waals surface area contributed by atoms with E-state index in [1.54, 1.807) is 6.07 Å². The summed E-state index contributed by atoms with van der Waals surface area (Å²) < 4.78 is 25.5. The van der Waals surface area contributed by atoms with Crippen LogP contribution in [0.25, 0.3) is 10.9 Å². The number of hydrogen-bond donors (Lipinski definition) is 10. The second-order valence-corrected chi connectivity index (χ2v) is 9.73. The van der Waals surface area contributed by atoms with Gasteiger partial charge in [0.1, 0.15) is 24.6 Å². The van der Waals surface area contributed by atoms with Gasteiger partial charge in [0.25, 0.3) is 23.4 Å². The number of benzene rings is 2. The number of piperidine rings is 1. The predicted molar refractivity (Wildman–Crippen MR) is 130 cm³/mol. The Hall–Kier alpha value is -2.81. The SMILES string of the molecule is COc1cc2c(Nc3ccc(Br)cc3F)ncnc2cc1OCC1(O)C(O)(O)C(O)(O)N(C)C(O)(O)C1(O)O. The van der Waals surface area contributed by atoms with Crippen LogP contribution in [0.15, 0.2) is 41.1 Å². The van der Waals surface area contributed by atoms with E-state index in [2.05, 4.69) is 31.2 Å². The van der Waals surface area contributed by atoms with Gasteiger partial charge < -0.3 is 60.7 Å². The molecule has 1 aromatic heterocycles. The highest BCUT2D eigenvalue weighted by atomic mass is 79.9. The fourth-order valence-corrected chi connectivity index (χ4v) is 4.35. The minimum Gasteiger partial charge on any atom is -0.493 e. The van der Waals surface area contributed by atoms with Crippen LogP contribution in [0.1, 0.15) is 0 Å². The van der Waals surface area contributed by atoms with E-state index in [-0.39, 0.29) is 33.9 Å². The molecule has 0 aliphatic carbocycles. The summed E-state index contributed by atoms with van der Waals surface area (Å²) in [5.74, 6) is -17.5. The van der Waals surface area contributed by atoms with Crippen molar-refractivity contribution in [3.63, 3.8) is 0 Å². The second-order valence-electron chi connectivity index (χ2n) is 8.81. The molecule has 15 nitrogen and oxygen atoms in total. The van der Waals surface area contributed by atoms with Crippen molar-refractivity contribution in [3.05, 3.63) is 46.9 Å². The Morgan fingerprint density at radius 2 is 1.54 bits per heavy atom. The van der Waals surface area contributed by atoms with Crippen LogP contribution in [-0.4, -0.2) is 111 Å². The Morgan fingerprint density at radius 3 is 2.10 bits per heavy atom. The number of ether oxygens (including phenoxy) is 2. The summed E-state index contributed by atoms with van der Waals surface area (Å²) in [6, 6.07) is 6.81. The third kappa shape index (κ3) is 4.19. The Balaban J connectivity index is 1.73. The molecular formula is C22H24BrFN4O11. The minimum atomic E-state index is -4.26. The van der Waals surface area contributed by atoms with Gasteiger partial charge in [-0.3, -0.25) is 0 Å². The Bertz CT molecular complexity index is 1390. The van der Waals surface area contributed by atoms with Gasteiger partial charge in [0.05, 0.1) is 18.3 Å². The summed E-state index contributed by atoms with van der Waals surface area (Å²) in [5.41, 5.74) is -3.76. The van der Waals surface area contributed by atoms with Crippen molar-refractivity contribution in [2.75, 3.05) is 26.1 Å².